The van der Waals surface area contributed by atoms with Gasteiger partial charge in [-0.2, -0.15) is 5.10 Å². The van der Waals surface area contributed by atoms with Crippen LogP contribution in [0.5, 0.6) is 0 Å². The Hall–Kier alpha value is -3.70. The van der Waals surface area contributed by atoms with E-state index in [0.717, 1.165) is 22.4 Å². The number of benzene rings is 1. The van der Waals surface area contributed by atoms with Gasteiger partial charge in [-0.3, -0.25) is 14.3 Å². The Morgan fingerprint density at radius 3 is 2.74 bits per heavy atom. The van der Waals surface area contributed by atoms with E-state index in [4.69, 9.17) is 4.74 Å². The zero-order chi connectivity index (χ0) is 24.1. The van der Waals surface area contributed by atoms with Crippen LogP contribution in [0.25, 0.3) is 22.4 Å². The van der Waals surface area contributed by atoms with Crippen LogP contribution in [-0.4, -0.2) is 58.2 Å². The lowest BCUT2D eigenvalue weighted by atomic mass is 10.0. The number of rotatable bonds is 9. The van der Waals surface area contributed by atoms with E-state index in [2.05, 4.69) is 20.7 Å². The Morgan fingerprint density at radius 2 is 2.03 bits per heavy atom. The smallest absolute Gasteiger partial charge is 0.253 e. The summed E-state index contributed by atoms with van der Waals surface area (Å²) in [7, 11) is 5.18. The van der Waals surface area contributed by atoms with Crippen LogP contribution in [0.1, 0.15) is 10.4 Å². The van der Waals surface area contributed by atoms with Crippen molar-refractivity contribution in [1.82, 2.24) is 24.6 Å². The van der Waals surface area contributed by atoms with Gasteiger partial charge in [0, 0.05) is 43.1 Å². The summed E-state index contributed by atoms with van der Waals surface area (Å²) in [5.41, 5.74) is 4.17. The van der Waals surface area contributed by atoms with Gasteiger partial charge >= 0.3 is 0 Å². The van der Waals surface area contributed by atoms with E-state index < -0.39 is 11.9 Å². The number of hydrogen-bond acceptors (Lipinski definition) is 6. The van der Waals surface area contributed by atoms with Crippen molar-refractivity contribution >= 4 is 35.7 Å². The van der Waals surface area contributed by atoms with E-state index >= 15 is 0 Å². The molecule has 9 nitrogen and oxygen atoms in total. The molecule has 4 aromatic rings. The number of aromatic nitrogens is 4. The summed E-state index contributed by atoms with van der Waals surface area (Å²) < 4.78 is 8.67. The Morgan fingerprint density at radius 1 is 1.21 bits per heavy atom. The highest BCUT2D eigenvalue weighted by atomic mass is 32.1. The molecule has 1 atom stereocenters. The molecule has 34 heavy (non-hydrogen) atoms. The van der Waals surface area contributed by atoms with Crippen LogP contribution in [0.2, 0.25) is 6.82 Å². The summed E-state index contributed by atoms with van der Waals surface area (Å²) in [6.45, 7) is 1.89. The molecule has 0 aliphatic rings. The van der Waals surface area contributed by atoms with Crippen molar-refractivity contribution in [3.63, 3.8) is 0 Å². The molecule has 173 valence electrons. The standard InChI is InChI=1S/C23H24BN6O3S/c1-24-30-8-7-17(12-30)21(31)26-19(13-33-3)22(32)28-23-27-20(14-34-23)16-6-4-5-15(9-16)18-10-25-29(2)11-18/h4-12,14,19H,13H2,1-3H3,(H,26,31)(H,27,28,32). The highest BCUT2D eigenvalue weighted by Crippen LogP contribution is 2.28. The monoisotopic (exact) mass is 475 g/mol. The van der Waals surface area contributed by atoms with E-state index in [0.29, 0.717) is 10.7 Å². The minimum absolute atomic E-state index is 0.0313. The number of nitrogens with zero attached hydrogens (tertiary/aromatic N) is 4. The number of anilines is 1. The van der Waals surface area contributed by atoms with Gasteiger partial charge in [0.25, 0.3) is 11.8 Å². The molecule has 0 aliphatic carbocycles. The lowest BCUT2D eigenvalue weighted by Gasteiger charge is -2.16. The molecule has 2 amide bonds. The molecule has 1 radical (unpaired) electrons. The van der Waals surface area contributed by atoms with Crippen molar-refractivity contribution in [2.45, 2.75) is 12.9 Å². The third kappa shape index (κ3) is 5.44. The lowest BCUT2D eigenvalue weighted by Crippen LogP contribution is -2.46. The minimum Gasteiger partial charge on any atom is -0.402 e. The van der Waals surface area contributed by atoms with Crippen molar-refractivity contribution in [1.29, 1.82) is 0 Å². The van der Waals surface area contributed by atoms with Crippen LogP contribution in [-0.2, 0) is 16.6 Å². The molecule has 0 saturated carbocycles. The average Bonchev–Trinajstić information content (AvgIpc) is 3.60. The molecule has 0 saturated heterocycles. The predicted molar refractivity (Wildman–Crippen MR) is 133 cm³/mol. The Bertz CT molecular complexity index is 1300. The number of methoxy groups -OCH3 is 1. The van der Waals surface area contributed by atoms with Gasteiger partial charge in [-0.1, -0.05) is 25.0 Å². The number of amides is 2. The summed E-state index contributed by atoms with van der Waals surface area (Å²) in [6.07, 6.45) is 7.21. The van der Waals surface area contributed by atoms with Crippen LogP contribution in [0.3, 0.4) is 0 Å². The van der Waals surface area contributed by atoms with Gasteiger partial charge in [0.05, 0.1) is 24.1 Å². The molecule has 1 aromatic carbocycles. The maximum atomic E-state index is 12.9. The van der Waals surface area contributed by atoms with E-state index in [1.54, 1.807) is 27.6 Å². The van der Waals surface area contributed by atoms with Crippen LogP contribution < -0.4 is 10.6 Å². The van der Waals surface area contributed by atoms with Gasteiger partial charge in [-0.05, 0) is 23.9 Å². The number of carbonyl (C=O) groups excluding carboxylic acids is 2. The zero-order valence-electron chi connectivity index (χ0n) is 19.1. The number of aryl methyl sites for hydroxylation is 1. The van der Waals surface area contributed by atoms with Crippen molar-refractivity contribution < 1.29 is 14.3 Å². The molecule has 1 unspecified atom stereocenters. The van der Waals surface area contributed by atoms with Crippen molar-refractivity contribution in [2.24, 2.45) is 7.05 Å². The SMILES string of the molecule is C[B]n1ccc(C(=O)NC(COC)C(=O)Nc2nc(-c3cccc(-c4cnn(C)c4)c3)cs2)c1. The van der Waals surface area contributed by atoms with Crippen LogP contribution >= 0.6 is 11.3 Å². The topological polar surface area (TPSA) is 103 Å². The predicted octanol–water partition coefficient (Wildman–Crippen LogP) is 2.91. The van der Waals surface area contributed by atoms with Crippen LogP contribution in [0.15, 0.2) is 60.5 Å². The second-order valence-corrected chi connectivity index (χ2v) is 8.46. The van der Waals surface area contributed by atoms with E-state index in [-0.39, 0.29) is 12.5 Å². The van der Waals surface area contributed by atoms with Gasteiger partial charge < -0.3 is 19.8 Å². The molecule has 0 aliphatic heterocycles. The van der Waals surface area contributed by atoms with Gasteiger partial charge in [-0.25, -0.2) is 4.98 Å². The largest absolute Gasteiger partial charge is 0.402 e. The second-order valence-electron chi connectivity index (χ2n) is 7.60. The molecule has 3 heterocycles. The molecular weight excluding hydrogens is 451 g/mol. The normalized spacial score (nSPS) is 11.7. The molecule has 2 N–H and O–H groups in total. The van der Waals surface area contributed by atoms with Crippen LogP contribution in [0.4, 0.5) is 5.13 Å². The highest BCUT2D eigenvalue weighted by Gasteiger charge is 2.23. The second kappa shape index (κ2) is 10.5. The summed E-state index contributed by atoms with van der Waals surface area (Å²) in [5, 5.41) is 12.1. The van der Waals surface area contributed by atoms with E-state index in [1.807, 2.05) is 63.3 Å². The molecule has 11 heteroatoms. The quantitative estimate of drug-likeness (QED) is 0.363. The minimum atomic E-state index is -0.868. The fraction of sp³-hybridized carbons (Fsp3) is 0.217. The van der Waals surface area contributed by atoms with Crippen molar-refractivity contribution in [3.05, 3.63) is 66.1 Å². The Balaban J connectivity index is 1.44. The number of hydrogen-bond donors (Lipinski definition) is 2. The van der Waals surface area contributed by atoms with Crippen molar-refractivity contribution in [3.8, 4) is 22.4 Å². The van der Waals surface area contributed by atoms with Gasteiger partial charge in [0.15, 0.2) is 5.13 Å². The third-order valence-corrected chi connectivity index (χ3v) is 5.92. The molecule has 0 spiro atoms. The first-order chi connectivity index (χ1) is 16.5. The molecule has 0 bridgehead atoms. The fourth-order valence-corrected chi connectivity index (χ4v) is 4.11. The highest BCUT2D eigenvalue weighted by molar-refractivity contribution is 7.14. The van der Waals surface area contributed by atoms with E-state index in [1.165, 1.54) is 18.4 Å². The summed E-state index contributed by atoms with van der Waals surface area (Å²) in [4.78, 5) is 30.0. The van der Waals surface area contributed by atoms with E-state index in [9.17, 15) is 9.59 Å². The van der Waals surface area contributed by atoms with Gasteiger partial charge in [0.2, 0.25) is 7.41 Å². The van der Waals surface area contributed by atoms with Gasteiger partial charge in [0.1, 0.15) is 6.04 Å². The maximum Gasteiger partial charge on any atom is 0.253 e. The maximum absolute atomic E-state index is 12.9. The Kier molecular flexibility index (Phi) is 7.24. The molecule has 4 rings (SSSR count). The average molecular weight is 475 g/mol. The molecular formula is C23H24BN6O3S. The van der Waals surface area contributed by atoms with Gasteiger partial charge in [-0.15, -0.1) is 11.3 Å². The number of thiazole rings is 1. The van der Waals surface area contributed by atoms with Crippen LogP contribution in [0, 0.1) is 0 Å². The lowest BCUT2D eigenvalue weighted by molar-refractivity contribution is -0.119. The summed E-state index contributed by atoms with van der Waals surface area (Å²) in [6, 6.07) is 8.79. The molecule has 3 aromatic heterocycles. The van der Waals surface area contributed by atoms with Crippen molar-refractivity contribution in [2.75, 3.05) is 19.0 Å². The Labute approximate surface area is 202 Å². The third-order valence-electron chi connectivity index (χ3n) is 5.16. The first-order valence-electron chi connectivity index (χ1n) is 10.6. The summed E-state index contributed by atoms with van der Waals surface area (Å²) in [5.74, 6) is -0.758. The first-order valence-corrected chi connectivity index (χ1v) is 11.5. The summed E-state index contributed by atoms with van der Waals surface area (Å²) >= 11 is 1.32. The zero-order valence-corrected chi connectivity index (χ0v) is 19.9. The number of nitrogens with one attached hydrogen (secondary N) is 2. The fourth-order valence-electron chi connectivity index (χ4n) is 3.38. The number of ether oxygens (including phenoxy) is 1. The number of carbonyl (C=O) groups is 2. The first kappa shape index (κ1) is 23.5. The molecule has 0 fully saturated rings.